The Morgan fingerprint density at radius 2 is 1.90 bits per heavy atom. The van der Waals surface area contributed by atoms with Gasteiger partial charge in [0.1, 0.15) is 11.6 Å². The van der Waals surface area contributed by atoms with E-state index in [1.807, 2.05) is 18.2 Å². The lowest BCUT2D eigenvalue weighted by Gasteiger charge is -2.39. The number of nitrogens with one attached hydrogen (secondary N) is 2. The highest BCUT2D eigenvalue weighted by molar-refractivity contribution is 6.30. The highest BCUT2D eigenvalue weighted by Gasteiger charge is 2.37. The molecule has 0 aromatic heterocycles. The zero-order chi connectivity index (χ0) is 20.7. The lowest BCUT2D eigenvalue weighted by atomic mass is 9.73. The van der Waals surface area contributed by atoms with Gasteiger partial charge in [-0.25, -0.2) is 4.39 Å². The number of guanidine groups is 1. The topological polar surface area (TPSA) is 54.9 Å². The summed E-state index contributed by atoms with van der Waals surface area (Å²) in [6.07, 6.45) is 1.71. The molecule has 29 heavy (non-hydrogen) atoms. The molecule has 0 bridgehead atoms. The van der Waals surface area contributed by atoms with E-state index < -0.39 is 0 Å². The van der Waals surface area contributed by atoms with E-state index in [9.17, 15) is 4.39 Å². The second-order valence-corrected chi connectivity index (χ2v) is 7.58. The Bertz CT molecular complexity index is 836. The molecule has 0 unspecified atom stereocenters. The number of ether oxygens (including phenoxy) is 2. The van der Waals surface area contributed by atoms with Crippen molar-refractivity contribution in [3.05, 3.63) is 64.4 Å². The maximum absolute atomic E-state index is 13.1. The largest absolute Gasteiger partial charge is 0.496 e. The van der Waals surface area contributed by atoms with Crippen LogP contribution in [0.1, 0.15) is 24.0 Å². The zero-order valence-corrected chi connectivity index (χ0v) is 17.6. The van der Waals surface area contributed by atoms with Gasteiger partial charge in [0.05, 0.1) is 7.11 Å². The van der Waals surface area contributed by atoms with Gasteiger partial charge in [0.2, 0.25) is 0 Å². The second kappa shape index (κ2) is 9.94. The third-order valence-electron chi connectivity index (χ3n) is 5.37. The van der Waals surface area contributed by atoms with Crippen molar-refractivity contribution in [2.45, 2.75) is 24.8 Å². The van der Waals surface area contributed by atoms with Crippen LogP contribution in [0.5, 0.6) is 5.75 Å². The molecule has 7 heteroatoms. The first-order valence-electron chi connectivity index (χ1n) is 9.67. The molecular weight excluding hydrogens is 393 g/mol. The molecule has 1 heterocycles. The molecule has 0 aliphatic carbocycles. The molecule has 2 aromatic carbocycles. The Morgan fingerprint density at radius 3 is 2.55 bits per heavy atom. The van der Waals surface area contributed by atoms with Crippen LogP contribution >= 0.6 is 11.6 Å². The normalized spacial score (nSPS) is 16.3. The summed E-state index contributed by atoms with van der Waals surface area (Å²) in [5, 5.41) is 7.41. The standard InChI is InChI=1S/C22H27ClFN3O2/c1-25-21(26-14-16-3-6-18(24)7-4-16)27-15-22(9-11-29-12-10-22)19-13-17(23)5-8-20(19)28-2/h3-8,13H,9-12,14-15H2,1-2H3,(H2,25,26,27). The van der Waals surface area contributed by atoms with Crippen molar-refractivity contribution in [3.8, 4) is 5.75 Å². The van der Waals surface area contributed by atoms with Gasteiger partial charge in [-0.1, -0.05) is 23.7 Å². The predicted molar refractivity (Wildman–Crippen MR) is 114 cm³/mol. The fourth-order valence-electron chi connectivity index (χ4n) is 3.66. The Hall–Kier alpha value is -2.31. The molecular formula is C22H27ClFN3O2. The van der Waals surface area contributed by atoms with Crippen LogP contribution in [0.2, 0.25) is 5.02 Å². The molecule has 5 nitrogen and oxygen atoms in total. The van der Waals surface area contributed by atoms with Gasteiger partial charge in [0, 0.05) is 49.4 Å². The molecule has 2 aromatic rings. The van der Waals surface area contributed by atoms with Gasteiger partial charge < -0.3 is 20.1 Å². The van der Waals surface area contributed by atoms with Crippen LogP contribution in [0.3, 0.4) is 0 Å². The summed E-state index contributed by atoms with van der Waals surface area (Å²) in [7, 11) is 3.41. The van der Waals surface area contributed by atoms with E-state index in [1.165, 1.54) is 12.1 Å². The Labute approximate surface area is 176 Å². The highest BCUT2D eigenvalue weighted by Crippen LogP contribution is 2.40. The molecule has 1 fully saturated rings. The van der Waals surface area contributed by atoms with Gasteiger partial charge in [-0.05, 0) is 48.7 Å². The summed E-state index contributed by atoms with van der Waals surface area (Å²) in [5.74, 6) is 1.27. The Kier molecular flexibility index (Phi) is 7.34. The summed E-state index contributed by atoms with van der Waals surface area (Å²) in [5.41, 5.74) is 1.88. The van der Waals surface area contributed by atoms with E-state index in [4.69, 9.17) is 21.1 Å². The molecule has 0 saturated carbocycles. The number of nitrogens with zero attached hydrogens (tertiary/aromatic N) is 1. The highest BCUT2D eigenvalue weighted by atomic mass is 35.5. The van der Waals surface area contributed by atoms with Crippen LogP contribution in [0.25, 0.3) is 0 Å². The third kappa shape index (κ3) is 5.40. The Morgan fingerprint density at radius 1 is 1.17 bits per heavy atom. The van der Waals surface area contributed by atoms with Crippen molar-refractivity contribution in [1.82, 2.24) is 10.6 Å². The van der Waals surface area contributed by atoms with E-state index in [-0.39, 0.29) is 11.2 Å². The van der Waals surface area contributed by atoms with Crippen LogP contribution in [-0.4, -0.2) is 39.9 Å². The quantitative estimate of drug-likeness (QED) is 0.550. The first-order valence-corrected chi connectivity index (χ1v) is 10.0. The molecule has 1 saturated heterocycles. The molecule has 3 rings (SSSR count). The number of methoxy groups -OCH3 is 1. The maximum Gasteiger partial charge on any atom is 0.191 e. The first-order chi connectivity index (χ1) is 14.1. The fourth-order valence-corrected chi connectivity index (χ4v) is 3.83. The van der Waals surface area contributed by atoms with Crippen molar-refractivity contribution in [2.24, 2.45) is 4.99 Å². The molecule has 1 aliphatic heterocycles. The fraction of sp³-hybridized carbons (Fsp3) is 0.409. The molecule has 156 valence electrons. The Balaban J connectivity index is 1.73. The number of halogens is 2. The molecule has 1 aliphatic rings. The maximum atomic E-state index is 13.1. The average Bonchev–Trinajstić information content (AvgIpc) is 2.75. The third-order valence-corrected chi connectivity index (χ3v) is 5.61. The smallest absolute Gasteiger partial charge is 0.191 e. The van der Waals surface area contributed by atoms with Gasteiger partial charge in [-0.3, -0.25) is 4.99 Å². The van der Waals surface area contributed by atoms with Crippen molar-refractivity contribution < 1.29 is 13.9 Å². The minimum Gasteiger partial charge on any atom is -0.496 e. The summed E-state index contributed by atoms with van der Waals surface area (Å²) >= 11 is 6.30. The summed E-state index contributed by atoms with van der Waals surface area (Å²) in [6.45, 7) is 2.57. The van der Waals surface area contributed by atoms with Gasteiger partial charge in [0.15, 0.2) is 5.96 Å². The number of aliphatic imine (C=N–C) groups is 1. The van der Waals surface area contributed by atoms with E-state index >= 15 is 0 Å². The van der Waals surface area contributed by atoms with Crippen LogP contribution in [0.15, 0.2) is 47.5 Å². The second-order valence-electron chi connectivity index (χ2n) is 7.14. The van der Waals surface area contributed by atoms with Crippen LogP contribution in [-0.2, 0) is 16.7 Å². The molecule has 0 radical (unpaired) electrons. The van der Waals surface area contributed by atoms with Gasteiger partial charge >= 0.3 is 0 Å². The van der Waals surface area contributed by atoms with Gasteiger partial charge in [-0.15, -0.1) is 0 Å². The predicted octanol–water partition coefficient (Wildman–Crippen LogP) is 3.90. The van der Waals surface area contributed by atoms with Crippen LogP contribution in [0, 0.1) is 5.82 Å². The molecule has 0 atom stereocenters. The van der Waals surface area contributed by atoms with E-state index in [1.54, 1.807) is 26.3 Å². The van der Waals surface area contributed by atoms with Gasteiger partial charge in [0.25, 0.3) is 0 Å². The van der Waals surface area contributed by atoms with Crippen molar-refractivity contribution in [3.63, 3.8) is 0 Å². The monoisotopic (exact) mass is 419 g/mol. The van der Waals surface area contributed by atoms with Crippen molar-refractivity contribution in [2.75, 3.05) is 33.9 Å². The molecule has 0 spiro atoms. The molecule has 2 N–H and O–H groups in total. The lowest BCUT2D eigenvalue weighted by Crippen LogP contribution is -2.48. The summed E-state index contributed by atoms with van der Waals surface area (Å²) in [4.78, 5) is 4.32. The van der Waals surface area contributed by atoms with E-state index in [2.05, 4.69) is 15.6 Å². The van der Waals surface area contributed by atoms with E-state index in [0.717, 1.165) is 29.7 Å². The van der Waals surface area contributed by atoms with E-state index in [0.29, 0.717) is 37.3 Å². The van der Waals surface area contributed by atoms with Gasteiger partial charge in [-0.2, -0.15) is 0 Å². The van der Waals surface area contributed by atoms with Crippen LogP contribution in [0.4, 0.5) is 4.39 Å². The number of hydrogen-bond donors (Lipinski definition) is 2. The number of benzene rings is 2. The van der Waals surface area contributed by atoms with Crippen molar-refractivity contribution in [1.29, 1.82) is 0 Å². The lowest BCUT2D eigenvalue weighted by molar-refractivity contribution is 0.0505. The number of hydrogen-bond acceptors (Lipinski definition) is 3. The minimum atomic E-state index is -0.242. The zero-order valence-electron chi connectivity index (χ0n) is 16.8. The van der Waals surface area contributed by atoms with Crippen molar-refractivity contribution >= 4 is 17.6 Å². The SMILES string of the molecule is CN=C(NCc1ccc(F)cc1)NCC1(c2cc(Cl)ccc2OC)CCOCC1. The first kappa shape index (κ1) is 21.4. The summed E-state index contributed by atoms with van der Waals surface area (Å²) in [6, 6.07) is 12.2. The van der Waals surface area contributed by atoms with Crippen LogP contribution < -0.4 is 15.4 Å². The molecule has 0 amide bonds. The number of rotatable bonds is 6. The minimum absolute atomic E-state index is 0.179. The average molecular weight is 420 g/mol. The summed E-state index contributed by atoms with van der Waals surface area (Å²) < 4.78 is 24.3.